The Labute approximate surface area is 89.1 Å². The summed E-state index contributed by atoms with van der Waals surface area (Å²) in [6.07, 6.45) is 1.54. The molecule has 0 aromatic heterocycles. The Kier molecular flexibility index (Phi) is 4.28. The number of carbonyl (C=O) groups is 1. The van der Waals surface area contributed by atoms with E-state index in [4.69, 9.17) is 15.7 Å². The van der Waals surface area contributed by atoms with Gasteiger partial charge in [-0.2, -0.15) is 5.26 Å². The van der Waals surface area contributed by atoms with E-state index in [2.05, 4.69) is 6.58 Å². The van der Waals surface area contributed by atoms with Gasteiger partial charge in [0.2, 0.25) is 5.91 Å². The Balaban J connectivity index is 2.52. The summed E-state index contributed by atoms with van der Waals surface area (Å²) in [5, 5.41) is 8.67. The van der Waals surface area contributed by atoms with Crippen molar-refractivity contribution in [3.05, 3.63) is 12.7 Å². The van der Waals surface area contributed by atoms with Gasteiger partial charge in [0, 0.05) is 6.54 Å². The number of carbonyl (C=O) groups excluding carboxylic acids is 1. The minimum atomic E-state index is -0.556. The lowest BCUT2D eigenvalue weighted by Crippen LogP contribution is -2.51. The molecule has 0 aromatic rings. The first-order valence-corrected chi connectivity index (χ1v) is 4.85. The third-order valence-corrected chi connectivity index (χ3v) is 2.26. The molecule has 1 fully saturated rings. The molecule has 0 bridgehead atoms. The fraction of sp³-hybridized carbons (Fsp3) is 0.600. The van der Waals surface area contributed by atoms with Crippen molar-refractivity contribution >= 4 is 5.91 Å². The van der Waals surface area contributed by atoms with E-state index < -0.39 is 12.1 Å². The first kappa shape index (κ1) is 11.7. The highest BCUT2D eigenvalue weighted by molar-refractivity contribution is 5.82. The zero-order chi connectivity index (χ0) is 11.3. The summed E-state index contributed by atoms with van der Waals surface area (Å²) in [4.78, 5) is 13.3. The number of morpholine rings is 1. The average molecular weight is 209 g/mol. The molecule has 5 nitrogen and oxygen atoms in total. The van der Waals surface area contributed by atoms with Crippen LogP contribution in [0.15, 0.2) is 12.7 Å². The van der Waals surface area contributed by atoms with Gasteiger partial charge in [0.25, 0.3) is 0 Å². The Bertz CT molecular complexity index is 285. The predicted molar refractivity (Wildman–Crippen MR) is 54.7 cm³/mol. The van der Waals surface area contributed by atoms with E-state index in [0.29, 0.717) is 26.1 Å². The maximum atomic E-state index is 11.7. The molecule has 0 aliphatic carbocycles. The highest BCUT2D eigenvalue weighted by Gasteiger charge is 2.26. The molecule has 15 heavy (non-hydrogen) atoms. The molecule has 5 heteroatoms. The summed E-state index contributed by atoms with van der Waals surface area (Å²) < 4.78 is 5.13. The average Bonchev–Trinajstić information content (AvgIpc) is 2.28. The molecule has 0 spiro atoms. The number of rotatable bonds is 3. The van der Waals surface area contributed by atoms with Crippen LogP contribution in [-0.4, -0.2) is 42.6 Å². The Morgan fingerprint density at radius 1 is 1.87 bits per heavy atom. The standard InChI is InChI=1S/C10H15N3O2/c1-2-3-9(12)10(14)13-4-5-15-8(6-11)7-13/h2,8-9H,1,3-5,7,12H2. The van der Waals surface area contributed by atoms with Crippen molar-refractivity contribution in [2.75, 3.05) is 19.7 Å². The van der Waals surface area contributed by atoms with Crippen molar-refractivity contribution < 1.29 is 9.53 Å². The second-order valence-corrected chi connectivity index (χ2v) is 3.40. The zero-order valence-electron chi connectivity index (χ0n) is 8.56. The Morgan fingerprint density at radius 2 is 2.60 bits per heavy atom. The van der Waals surface area contributed by atoms with Gasteiger partial charge in [-0.1, -0.05) is 6.08 Å². The minimum Gasteiger partial charge on any atom is -0.360 e. The van der Waals surface area contributed by atoms with Crippen LogP contribution in [0.5, 0.6) is 0 Å². The van der Waals surface area contributed by atoms with E-state index in [-0.39, 0.29) is 5.91 Å². The van der Waals surface area contributed by atoms with E-state index >= 15 is 0 Å². The number of hydrogen-bond donors (Lipinski definition) is 1. The van der Waals surface area contributed by atoms with Crippen LogP contribution in [0, 0.1) is 11.3 Å². The van der Waals surface area contributed by atoms with Crippen LogP contribution in [0.4, 0.5) is 0 Å². The SMILES string of the molecule is C=CCC(N)C(=O)N1CCOC(C#N)C1. The van der Waals surface area contributed by atoms with Crippen LogP contribution < -0.4 is 5.73 Å². The molecule has 82 valence electrons. The van der Waals surface area contributed by atoms with Gasteiger partial charge in [0.15, 0.2) is 6.10 Å². The zero-order valence-corrected chi connectivity index (χ0v) is 8.56. The van der Waals surface area contributed by atoms with Crippen molar-refractivity contribution in [1.82, 2.24) is 4.90 Å². The monoisotopic (exact) mass is 209 g/mol. The number of nitrogens with two attached hydrogens (primary N) is 1. The summed E-state index contributed by atoms with van der Waals surface area (Å²) in [5.74, 6) is -0.140. The van der Waals surface area contributed by atoms with Crippen LogP contribution >= 0.6 is 0 Å². The topological polar surface area (TPSA) is 79.3 Å². The highest BCUT2D eigenvalue weighted by atomic mass is 16.5. The lowest BCUT2D eigenvalue weighted by molar-refractivity contribution is -0.138. The molecular formula is C10H15N3O2. The quantitative estimate of drug-likeness (QED) is 0.644. The largest absolute Gasteiger partial charge is 0.360 e. The van der Waals surface area contributed by atoms with E-state index in [9.17, 15) is 4.79 Å². The minimum absolute atomic E-state index is 0.140. The predicted octanol–water partition coefficient (Wildman–Crippen LogP) is -0.359. The lowest BCUT2D eigenvalue weighted by atomic mass is 10.1. The van der Waals surface area contributed by atoms with Crippen LogP contribution in [0.3, 0.4) is 0 Å². The fourth-order valence-corrected chi connectivity index (χ4v) is 1.44. The fourth-order valence-electron chi connectivity index (χ4n) is 1.44. The third kappa shape index (κ3) is 3.05. The molecule has 2 N–H and O–H groups in total. The molecule has 1 aliphatic rings. The number of nitriles is 1. The van der Waals surface area contributed by atoms with Crippen LogP contribution in [0.25, 0.3) is 0 Å². The van der Waals surface area contributed by atoms with Gasteiger partial charge in [-0.05, 0) is 6.42 Å². The molecule has 1 aliphatic heterocycles. The first-order valence-electron chi connectivity index (χ1n) is 4.85. The maximum absolute atomic E-state index is 11.7. The van der Waals surface area contributed by atoms with Crippen molar-refractivity contribution in [3.8, 4) is 6.07 Å². The molecule has 1 amide bonds. The van der Waals surface area contributed by atoms with E-state index in [1.807, 2.05) is 6.07 Å². The molecule has 0 saturated carbocycles. The lowest BCUT2D eigenvalue weighted by Gasteiger charge is -2.31. The van der Waals surface area contributed by atoms with Crippen LogP contribution in [-0.2, 0) is 9.53 Å². The van der Waals surface area contributed by atoms with Crippen molar-refractivity contribution in [2.24, 2.45) is 5.73 Å². The van der Waals surface area contributed by atoms with Gasteiger partial charge in [0.1, 0.15) is 0 Å². The van der Waals surface area contributed by atoms with Gasteiger partial charge >= 0.3 is 0 Å². The number of ether oxygens (including phenoxy) is 1. The first-order chi connectivity index (χ1) is 7.19. The molecule has 0 radical (unpaired) electrons. The van der Waals surface area contributed by atoms with Crippen molar-refractivity contribution in [3.63, 3.8) is 0 Å². The molecule has 2 unspecified atom stereocenters. The molecule has 1 saturated heterocycles. The van der Waals surface area contributed by atoms with E-state index in [1.165, 1.54) is 0 Å². The van der Waals surface area contributed by atoms with Gasteiger partial charge in [-0.15, -0.1) is 6.58 Å². The summed E-state index contributed by atoms with van der Waals surface area (Å²) in [6.45, 7) is 4.73. The van der Waals surface area contributed by atoms with Gasteiger partial charge in [-0.25, -0.2) is 0 Å². The molecule has 1 rings (SSSR count). The Morgan fingerprint density at radius 3 is 3.20 bits per heavy atom. The number of nitrogens with zero attached hydrogens (tertiary/aromatic N) is 2. The second-order valence-electron chi connectivity index (χ2n) is 3.40. The Hall–Kier alpha value is -1.38. The normalized spacial score (nSPS) is 22.9. The molecule has 1 heterocycles. The number of hydrogen-bond acceptors (Lipinski definition) is 4. The van der Waals surface area contributed by atoms with Gasteiger partial charge < -0.3 is 15.4 Å². The van der Waals surface area contributed by atoms with E-state index in [1.54, 1.807) is 11.0 Å². The third-order valence-electron chi connectivity index (χ3n) is 2.26. The van der Waals surface area contributed by atoms with Crippen molar-refractivity contribution in [2.45, 2.75) is 18.6 Å². The highest BCUT2D eigenvalue weighted by Crippen LogP contribution is 2.06. The smallest absolute Gasteiger partial charge is 0.240 e. The maximum Gasteiger partial charge on any atom is 0.240 e. The molecule has 0 aromatic carbocycles. The summed E-state index contributed by atoms with van der Waals surface area (Å²) in [6, 6.07) is 1.43. The van der Waals surface area contributed by atoms with Gasteiger partial charge in [0.05, 0.1) is 25.3 Å². The van der Waals surface area contributed by atoms with E-state index in [0.717, 1.165) is 0 Å². The molecule has 2 atom stereocenters. The number of amides is 1. The summed E-state index contributed by atoms with van der Waals surface area (Å²) in [7, 11) is 0. The second kappa shape index (κ2) is 5.49. The summed E-state index contributed by atoms with van der Waals surface area (Å²) in [5.41, 5.74) is 5.66. The van der Waals surface area contributed by atoms with Crippen LogP contribution in [0.1, 0.15) is 6.42 Å². The summed E-state index contributed by atoms with van der Waals surface area (Å²) >= 11 is 0. The van der Waals surface area contributed by atoms with Crippen LogP contribution in [0.2, 0.25) is 0 Å². The van der Waals surface area contributed by atoms with Crippen molar-refractivity contribution in [1.29, 1.82) is 5.26 Å². The molecular weight excluding hydrogens is 194 g/mol. The van der Waals surface area contributed by atoms with Gasteiger partial charge in [-0.3, -0.25) is 4.79 Å².